The van der Waals surface area contributed by atoms with Crippen LogP contribution in [0, 0.1) is 11.6 Å². The lowest BCUT2D eigenvalue weighted by Crippen LogP contribution is -2.32. The van der Waals surface area contributed by atoms with Crippen molar-refractivity contribution in [3.8, 4) is 0 Å². The van der Waals surface area contributed by atoms with Crippen molar-refractivity contribution in [2.24, 2.45) is 0 Å². The average molecular weight is 255 g/mol. The predicted molar refractivity (Wildman–Crippen MR) is 66.5 cm³/mol. The molecular weight excluding hydrogens is 236 g/mol. The minimum Gasteiger partial charge on any atom is -0.378 e. The summed E-state index contributed by atoms with van der Waals surface area (Å²) in [5.41, 5.74) is 0.162. The second-order valence-electron chi connectivity index (χ2n) is 4.76. The molecule has 2 unspecified atom stereocenters. The molecule has 1 heterocycles. The molecule has 0 amide bonds. The molecule has 2 rings (SSSR count). The molecule has 4 heteroatoms. The van der Waals surface area contributed by atoms with Crippen LogP contribution in [0.5, 0.6) is 0 Å². The Morgan fingerprint density at radius 3 is 2.67 bits per heavy atom. The van der Waals surface area contributed by atoms with Gasteiger partial charge in [0.05, 0.1) is 6.10 Å². The fourth-order valence-corrected chi connectivity index (χ4v) is 2.42. The monoisotopic (exact) mass is 255 g/mol. The van der Waals surface area contributed by atoms with Crippen molar-refractivity contribution in [1.29, 1.82) is 0 Å². The Balaban J connectivity index is 2.00. The maximum atomic E-state index is 13.6. The van der Waals surface area contributed by atoms with E-state index in [1.165, 1.54) is 18.2 Å². The predicted octanol–water partition coefficient (Wildman–Crippen LogP) is 2.66. The fraction of sp³-hybridized carbons (Fsp3) is 0.571. The van der Waals surface area contributed by atoms with Crippen LogP contribution in [0.3, 0.4) is 0 Å². The zero-order valence-electron chi connectivity index (χ0n) is 10.6. The number of likely N-dealkylation sites (N-methyl/N-ethyl adjacent to an activating group) is 1. The standard InChI is InChI=1S/C14H19F2NO/c1-17-10(8-11-4-3-7-18-11)9-12-13(15)5-2-6-14(12)16/h2,5-6,10-11,17H,3-4,7-9H2,1H3. The van der Waals surface area contributed by atoms with E-state index in [2.05, 4.69) is 5.32 Å². The zero-order valence-corrected chi connectivity index (χ0v) is 10.6. The van der Waals surface area contributed by atoms with Gasteiger partial charge in [-0.25, -0.2) is 8.78 Å². The van der Waals surface area contributed by atoms with Crippen molar-refractivity contribution in [3.63, 3.8) is 0 Å². The summed E-state index contributed by atoms with van der Waals surface area (Å²) in [5, 5.41) is 3.12. The van der Waals surface area contributed by atoms with E-state index in [-0.39, 0.29) is 17.7 Å². The third-order valence-corrected chi connectivity index (χ3v) is 3.49. The van der Waals surface area contributed by atoms with Crippen LogP contribution in [0.4, 0.5) is 8.78 Å². The lowest BCUT2D eigenvalue weighted by molar-refractivity contribution is 0.0952. The highest BCUT2D eigenvalue weighted by atomic mass is 19.1. The van der Waals surface area contributed by atoms with E-state index in [0.29, 0.717) is 6.42 Å². The van der Waals surface area contributed by atoms with Gasteiger partial charge in [-0.3, -0.25) is 0 Å². The summed E-state index contributed by atoms with van der Waals surface area (Å²) >= 11 is 0. The molecule has 0 saturated carbocycles. The minimum atomic E-state index is -0.470. The van der Waals surface area contributed by atoms with Crippen molar-refractivity contribution in [2.75, 3.05) is 13.7 Å². The highest BCUT2D eigenvalue weighted by molar-refractivity contribution is 5.20. The third kappa shape index (κ3) is 3.27. The first-order chi connectivity index (χ1) is 8.70. The van der Waals surface area contributed by atoms with Crippen molar-refractivity contribution in [2.45, 2.75) is 37.8 Å². The molecule has 0 aromatic heterocycles. The van der Waals surface area contributed by atoms with Crippen LogP contribution in [-0.4, -0.2) is 25.8 Å². The Labute approximate surface area is 106 Å². The van der Waals surface area contributed by atoms with Gasteiger partial charge in [-0.1, -0.05) is 6.07 Å². The molecule has 1 aromatic carbocycles. The summed E-state index contributed by atoms with van der Waals surface area (Å²) in [4.78, 5) is 0. The molecule has 0 radical (unpaired) electrons. The summed E-state index contributed by atoms with van der Waals surface area (Å²) < 4.78 is 32.7. The molecule has 1 aliphatic rings. The van der Waals surface area contributed by atoms with Gasteiger partial charge in [-0.2, -0.15) is 0 Å². The maximum absolute atomic E-state index is 13.6. The number of rotatable bonds is 5. The van der Waals surface area contributed by atoms with Crippen molar-refractivity contribution in [1.82, 2.24) is 5.32 Å². The summed E-state index contributed by atoms with van der Waals surface area (Å²) in [6.45, 7) is 0.801. The summed E-state index contributed by atoms with van der Waals surface area (Å²) in [6, 6.07) is 4.04. The highest BCUT2D eigenvalue weighted by Crippen LogP contribution is 2.20. The van der Waals surface area contributed by atoms with Gasteiger partial charge in [0.2, 0.25) is 0 Å². The maximum Gasteiger partial charge on any atom is 0.129 e. The van der Waals surface area contributed by atoms with E-state index in [1.807, 2.05) is 7.05 Å². The van der Waals surface area contributed by atoms with Gasteiger partial charge in [-0.05, 0) is 44.9 Å². The van der Waals surface area contributed by atoms with E-state index < -0.39 is 11.6 Å². The van der Waals surface area contributed by atoms with Crippen LogP contribution in [0.2, 0.25) is 0 Å². The van der Waals surface area contributed by atoms with Crippen molar-refractivity contribution in [3.05, 3.63) is 35.4 Å². The van der Waals surface area contributed by atoms with Gasteiger partial charge in [0.15, 0.2) is 0 Å². The van der Waals surface area contributed by atoms with Gasteiger partial charge < -0.3 is 10.1 Å². The molecule has 1 aliphatic heterocycles. The average Bonchev–Trinajstić information content (AvgIpc) is 2.85. The van der Waals surface area contributed by atoms with E-state index in [9.17, 15) is 8.78 Å². The second kappa shape index (κ2) is 6.25. The quantitative estimate of drug-likeness (QED) is 0.873. The van der Waals surface area contributed by atoms with E-state index >= 15 is 0 Å². The molecule has 100 valence electrons. The fourth-order valence-electron chi connectivity index (χ4n) is 2.42. The Morgan fingerprint density at radius 2 is 2.11 bits per heavy atom. The molecule has 0 bridgehead atoms. The molecule has 18 heavy (non-hydrogen) atoms. The molecule has 1 saturated heterocycles. The number of hydrogen-bond acceptors (Lipinski definition) is 2. The molecule has 2 nitrogen and oxygen atoms in total. The molecule has 2 atom stereocenters. The number of ether oxygens (including phenoxy) is 1. The zero-order chi connectivity index (χ0) is 13.0. The van der Waals surface area contributed by atoms with Crippen molar-refractivity contribution >= 4 is 0 Å². The highest BCUT2D eigenvalue weighted by Gasteiger charge is 2.22. The first-order valence-corrected chi connectivity index (χ1v) is 6.42. The summed E-state index contributed by atoms with van der Waals surface area (Å²) in [5.74, 6) is -0.940. The van der Waals surface area contributed by atoms with Crippen LogP contribution in [-0.2, 0) is 11.2 Å². The third-order valence-electron chi connectivity index (χ3n) is 3.49. The second-order valence-corrected chi connectivity index (χ2v) is 4.76. The van der Waals surface area contributed by atoms with Crippen LogP contribution in [0.15, 0.2) is 18.2 Å². The Bertz CT molecular complexity index is 371. The lowest BCUT2D eigenvalue weighted by Gasteiger charge is -2.20. The smallest absolute Gasteiger partial charge is 0.129 e. The lowest BCUT2D eigenvalue weighted by atomic mass is 9.99. The topological polar surface area (TPSA) is 21.3 Å². The normalized spacial score (nSPS) is 21.2. The molecule has 1 N–H and O–H groups in total. The Kier molecular flexibility index (Phi) is 4.66. The Hall–Kier alpha value is -1.00. The van der Waals surface area contributed by atoms with Gasteiger partial charge in [0.1, 0.15) is 11.6 Å². The number of nitrogens with one attached hydrogen (secondary N) is 1. The number of hydrogen-bond donors (Lipinski definition) is 1. The molecule has 1 aromatic rings. The van der Waals surface area contributed by atoms with Crippen LogP contribution in [0.1, 0.15) is 24.8 Å². The summed E-state index contributed by atoms with van der Waals surface area (Å²) in [6.07, 6.45) is 3.49. The van der Waals surface area contributed by atoms with Gasteiger partial charge in [0, 0.05) is 18.2 Å². The van der Waals surface area contributed by atoms with E-state index in [0.717, 1.165) is 25.9 Å². The van der Waals surface area contributed by atoms with Crippen LogP contribution < -0.4 is 5.32 Å². The van der Waals surface area contributed by atoms with E-state index in [1.54, 1.807) is 0 Å². The van der Waals surface area contributed by atoms with Gasteiger partial charge in [-0.15, -0.1) is 0 Å². The Morgan fingerprint density at radius 1 is 1.39 bits per heavy atom. The molecular formula is C14H19F2NO. The number of halogens is 2. The molecule has 1 fully saturated rings. The van der Waals surface area contributed by atoms with Gasteiger partial charge in [0.25, 0.3) is 0 Å². The first kappa shape index (κ1) is 13.4. The number of benzene rings is 1. The van der Waals surface area contributed by atoms with Crippen LogP contribution >= 0.6 is 0 Å². The first-order valence-electron chi connectivity index (χ1n) is 6.42. The SMILES string of the molecule is CNC(Cc1c(F)cccc1F)CC1CCCO1. The van der Waals surface area contributed by atoms with Gasteiger partial charge >= 0.3 is 0 Å². The summed E-state index contributed by atoms with van der Waals surface area (Å²) in [7, 11) is 1.82. The minimum absolute atomic E-state index is 0.0412. The molecule has 0 aliphatic carbocycles. The van der Waals surface area contributed by atoms with Crippen molar-refractivity contribution < 1.29 is 13.5 Å². The molecule has 0 spiro atoms. The largest absolute Gasteiger partial charge is 0.378 e. The van der Waals surface area contributed by atoms with Crippen LogP contribution in [0.25, 0.3) is 0 Å². The van der Waals surface area contributed by atoms with E-state index in [4.69, 9.17) is 4.74 Å².